The van der Waals surface area contributed by atoms with E-state index in [0.717, 1.165) is 19.3 Å². The van der Waals surface area contributed by atoms with Crippen molar-refractivity contribution in [1.29, 1.82) is 0 Å². The van der Waals surface area contributed by atoms with E-state index in [2.05, 4.69) is 0 Å². The highest BCUT2D eigenvalue weighted by Crippen LogP contribution is 2.11. The first-order chi connectivity index (χ1) is 9.51. The number of rotatable bonds is 8. The number of carbonyl (C=O) groups excluding carboxylic acids is 1. The highest BCUT2D eigenvalue weighted by Gasteiger charge is 2.27. The maximum atomic E-state index is 12.0. The van der Waals surface area contributed by atoms with Crippen molar-refractivity contribution in [1.82, 2.24) is 9.21 Å². The van der Waals surface area contributed by atoms with Gasteiger partial charge >= 0.3 is 0 Å². The van der Waals surface area contributed by atoms with Gasteiger partial charge in [0.15, 0.2) is 0 Å². The van der Waals surface area contributed by atoms with Gasteiger partial charge in [-0.1, -0.05) is 13.3 Å². The quantitative estimate of drug-likeness (QED) is 0.658. The molecule has 0 atom stereocenters. The fourth-order valence-electron chi connectivity index (χ4n) is 2.36. The first-order valence-corrected chi connectivity index (χ1v) is 9.08. The number of piperazine rings is 1. The molecule has 0 radical (unpaired) electrons. The third-order valence-electron chi connectivity index (χ3n) is 3.54. The maximum absolute atomic E-state index is 12.0. The molecule has 7 heteroatoms. The van der Waals surface area contributed by atoms with Crippen molar-refractivity contribution < 1.29 is 13.2 Å². The molecule has 0 unspecified atom stereocenters. The van der Waals surface area contributed by atoms with Crippen LogP contribution in [0.1, 0.15) is 39.0 Å². The molecule has 0 aliphatic carbocycles. The van der Waals surface area contributed by atoms with Gasteiger partial charge in [0.2, 0.25) is 15.9 Å². The van der Waals surface area contributed by atoms with E-state index in [1.807, 2.05) is 6.92 Å². The first kappa shape index (κ1) is 17.4. The van der Waals surface area contributed by atoms with Crippen molar-refractivity contribution in [3.8, 4) is 0 Å². The second-order valence-electron chi connectivity index (χ2n) is 5.20. The minimum Gasteiger partial charge on any atom is -0.340 e. The van der Waals surface area contributed by atoms with Crippen LogP contribution in [0, 0.1) is 0 Å². The Kier molecular flexibility index (Phi) is 7.47. The average Bonchev–Trinajstić information content (AvgIpc) is 2.43. The number of amides is 1. The molecule has 118 valence electrons. The lowest BCUT2D eigenvalue weighted by Crippen LogP contribution is -2.51. The molecule has 1 aliphatic rings. The van der Waals surface area contributed by atoms with Crippen molar-refractivity contribution in [2.24, 2.45) is 5.73 Å². The maximum Gasteiger partial charge on any atom is 0.222 e. The monoisotopic (exact) mass is 305 g/mol. The molecule has 0 aromatic carbocycles. The lowest BCUT2D eigenvalue weighted by molar-refractivity contribution is -0.132. The normalized spacial score (nSPS) is 17.4. The van der Waals surface area contributed by atoms with Crippen LogP contribution in [0.2, 0.25) is 0 Å². The van der Waals surface area contributed by atoms with Crippen molar-refractivity contribution >= 4 is 15.9 Å². The molecule has 0 spiro atoms. The lowest BCUT2D eigenvalue weighted by atomic mass is 10.1. The summed E-state index contributed by atoms with van der Waals surface area (Å²) in [7, 11) is -3.13. The lowest BCUT2D eigenvalue weighted by Gasteiger charge is -2.34. The van der Waals surface area contributed by atoms with Gasteiger partial charge in [-0.2, -0.15) is 4.31 Å². The van der Waals surface area contributed by atoms with Crippen LogP contribution >= 0.6 is 0 Å². The van der Waals surface area contributed by atoms with Crippen molar-refractivity contribution in [3.05, 3.63) is 0 Å². The van der Waals surface area contributed by atoms with Crippen LogP contribution in [0.5, 0.6) is 0 Å². The van der Waals surface area contributed by atoms with Gasteiger partial charge in [0, 0.05) is 32.6 Å². The summed E-state index contributed by atoms with van der Waals surface area (Å²) >= 11 is 0. The molecule has 6 nitrogen and oxygen atoms in total. The zero-order chi connectivity index (χ0) is 15.0. The molecule has 2 N–H and O–H groups in total. The molecule has 1 fully saturated rings. The molecule has 1 rings (SSSR count). The van der Waals surface area contributed by atoms with Crippen molar-refractivity contribution in [3.63, 3.8) is 0 Å². The Hall–Kier alpha value is -0.660. The van der Waals surface area contributed by atoms with E-state index in [4.69, 9.17) is 5.73 Å². The van der Waals surface area contributed by atoms with Crippen LogP contribution < -0.4 is 5.73 Å². The average molecular weight is 305 g/mol. The predicted molar refractivity (Wildman–Crippen MR) is 79.8 cm³/mol. The smallest absolute Gasteiger partial charge is 0.222 e. The first-order valence-electron chi connectivity index (χ1n) is 7.47. The van der Waals surface area contributed by atoms with Crippen molar-refractivity contribution in [2.75, 3.05) is 38.5 Å². The summed E-state index contributed by atoms with van der Waals surface area (Å²) in [6, 6.07) is 0. The Morgan fingerprint density at radius 1 is 1.10 bits per heavy atom. The molecular formula is C13H27N3O3S. The summed E-state index contributed by atoms with van der Waals surface area (Å²) in [5.41, 5.74) is 5.41. The summed E-state index contributed by atoms with van der Waals surface area (Å²) in [5.74, 6) is 0.328. The van der Waals surface area contributed by atoms with Crippen molar-refractivity contribution in [2.45, 2.75) is 39.0 Å². The number of unbranched alkanes of at least 4 members (excludes halogenated alkanes) is 2. The fourth-order valence-corrected chi connectivity index (χ4v) is 3.85. The number of hydrogen-bond acceptors (Lipinski definition) is 4. The summed E-state index contributed by atoms with van der Waals surface area (Å²) < 4.78 is 25.3. The predicted octanol–water partition coefficient (Wildman–Crippen LogP) is 0.390. The van der Waals surface area contributed by atoms with Gasteiger partial charge in [0.05, 0.1) is 5.75 Å². The summed E-state index contributed by atoms with van der Waals surface area (Å²) in [6.45, 7) is 4.41. The van der Waals surface area contributed by atoms with Gasteiger partial charge in [-0.3, -0.25) is 4.79 Å². The summed E-state index contributed by atoms with van der Waals surface area (Å²) in [6.07, 6.45) is 3.97. The number of carbonyl (C=O) groups is 1. The van der Waals surface area contributed by atoms with Gasteiger partial charge in [0.25, 0.3) is 0 Å². The van der Waals surface area contributed by atoms with Gasteiger partial charge < -0.3 is 10.6 Å². The minimum absolute atomic E-state index is 0.134. The van der Waals surface area contributed by atoms with E-state index in [-0.39, 0.29) is 11.7 Å². The van der Waals surface area contributed by atoms with E-state index in [1.54, 1.807) is 4.90 Å². The van der Waals surface area contributed by atoms with Gasteiger partial charge in [-0.25, -0.2) is 8.42 Å². The van der Waals surface area contributed by atoms with Crippen LogP contribution in [0.3, 0.4) is 0 Å². The Balaban J connectivity index is 2.33. The van der Waals surface area contributed by atoms with Gasteiger partial charge in [-0.15, -0.1) is 0 Å². The molecular weight excluding hydrogens is 278 g/mol. The SMILES string of the molecule is CCCS(=O)(=O)N1CCN(C(=O)CCCCCN)CC1. The van der Waals surface area contributed by atoms with E-state index in [9.17, 15) is 13.2 Å². The zero-order valence-electron chi connectivity index (χ0n) is 12.4. The molecule has 20 heavy (non-hydrogen) atoms. The third kappa shape index (κ3) is 5.38. The highest BCUT2D eigenvalue weighted by molar-refractivity contribution is 7.89. The molecule has 1 heterocycles. The molecule has 0 aromatic heterocycles. The molecule has 0 aromatic rings. The van der Waals surface area contributed by atoms with Crippen LogP contribution in [0.25, 0.3) is 0 Å². The fraction of sp³-hybridized carbons (Fsp3) is 0.923. The number of hydrogen-bond donors (Lipinski definition) is 1. The zero-order valence-corrected chi connectivity index (χ0v) is 13.2. The molecule has 1 saturated heterocycles. The largest absolute Gasteiger partial charge is 0.340 e. The second-order valence-corrected chi connectivity index (χ2v) is 7.28. The molecule has 1 aliphatic heterocycles. The van der Waals surface area contributed by atoms with Crippen LogP contribution in [0.15, 0.2) is 0 Å². The third-order valence-corrected chi connectivity index (χ3v) is 5.62. The molecule has 0 bridgehead atoms. The minimum atomic E-state index is -3.13. The highest BCUT2D eigenvalue weighted by atomic mass is 32.2. The Labute approximate surface area is 122 Å². The standard InChI is InChI=1S/C13H27N3O3S/c1-2-12-20(18,19)16-10-8-15(9-11-16)13(17)6-4-3-5-7-14/h2-12,14H2,1H3. The number of nitrogens with two attached hydrogens (primary N) is 1. The molecule has 1 amide bonds. The van der Waals surface area contributed by atoms with E-state index >= 15 is 0 Å². The Bertz CT molecular complexity index is 390. The topological polar surface area (TPSA) is 83.7 Å². The van der Waals surface area contributed by atoms with Crippen LogP contribution in [-0.4, -0.2) is 62.0 Å². The van der Waals surface area contributed by atoms with E-state index in [0.29, 0.717) is 45.6 Å². The van der Waals surface area contributed by atoms with Crippen LogP contribution in [0.4, 0.5) is 0 Å². The van der Waals surface area contributed by atoms with E-state index < -0.39 is 10.0 Å². The summed E-state index contributed by atoms with van der Waals surface area (Å²) in [5, 5.41) is 0. The van der Waals surface area contributed by atoms with Gasteiger partial charge in [0.1, 0.15) is 0 Å². The van der Waals surface area contributed by atoms with Crippen LogP contribution in [-0.2, 0) is 14.8 Å². The van der Waals surface area contributed by atoms with Gasteiger partial charge in [-0.05, 0) is 25.8 Å². The Morgan fingerprint density at radius 3 is 2.30 bits per heavy atom. The molecule has 0 saturated carbocycles. The number of nitrogens with zero attached hydrogens (tertiary/aromatic N) is 2. The summed E-state index contributed by atoms with van der Waals surface area (Å²) in [4.78, 5) is 13.7. The second kappa shape index (κ2) is 8.59. The Morgan fingerprint density at radius 2 is 1.75 bits per heavy atom. The van der Waals surface area contributed by atoms with E-state index in [1.165, 1.54) is 4.31 Å². The number of sulfonamides is 1.